The Labute approximate surface area is 169 Å². The third-order valence-electron chi connectivity index (χ3n) is 3.64. The smallest absolute Gasteiger partial charge is 0.341 e. The molecule has 0 aliphatic rings. The Bertz CT molecular complexity index is 954. The van der Waals surface area contributed by atoms with Crippen LogP contribution in [0, 0.1) is 0 Å². The van der Waals surface area contributed by atoms with Crippen LogP contribution in [0.5, 0.6) is 0 Å². The molecule has 2 rings (SSSR count). The lowest BCUT2D eigenvalue weighted by atomic mass is 10.2. The van der Waals surface area contributed by atoms with Gasteiger partial charge in [-0.05, 0) is 24.6 Å². The van der Waals surface area contributed by atoms with Gasteiger partial charge in [0.05, 0.1) is 9.75 Å². The van der Waals surface area contributed by atoms with Crippen LogP contribution in [0.2, 0.25) is 0 Å². The topological polar surface area (TPSA) is 67.6 Å². The summed E-state index contributed by atoms with van der Waals surface area (Å²) >= 11 is 0.409. The number of amides is 1. The van der Waals surface area contributed by atoms with E-state index in [1.807, 2.05) is 0 Å². The molecule has 2 aromatic rings. The number of rotatable bonds is 6. The molecule has 0 fully saturated rings. The molecule has 30 heavy (non-hydrogen) atoms. The highest BCUT2D eigenvalue weighted by Crippen LogP contribution is 2.27. The van der Waals surface area contributed by atoms with Crippen LogP contribution >= 0.6 is 11.3 Å². The second-order valence-corrected chi connectivity index (χ2v) is 7.00. The molecule has 0 aliphatic heterocycles. The number of aromatic nitrogens is 1. The number of hydrogen-bond acceptors (Lipinski definition) is 5. The highest BCUT2D eigenvalue weighted by atomic mass is 32.1. The summed E-state index contributed by atoms with van der Waals surface area (Å²) in [7, 11) is 1.37. The zero-order chi connectivity index (χ0) is 22.7. The van der Waals surface area contributed by atoms with Gasteiger partial charge in [-0.2, -0.15) is 31.2 Å². The van der Waals surface area contributed by atoms with Crippen molar-refractivity contribution in [3.63, 3.8) is 0 Å². The van der Waals surface area contributed by atoms with E-state index >= 15 is 0 Å². The Hall–Kier alpha value is -2.96. The average molecular weight is 455 g/mol. The van der Waals surface area contributed by atoms with Crippen molar-refractivity contribution >= 4 is 29.0 Å². The summed E-state index contributed by atoms with van der Waals surface area (Å²) in [5, 5.41) is 0. The van der Waals surface area contributed by atoms with E-state index in [1.54, 1.807) is 0 Å². The molecule has 1 amide bonds. The van der Waals surface area contributed by atoms with Gasteiger partial charge in [-0.25, -0.2) is 4.79 Å². The summed E-state index contributed by atoms with van der Waals surface area (Å²) in [4.78, 5) is 39.0. The third kappa shape index (κ3) is 6.02. The number of carbonyl (C=O) groups excluding carboxylic acids is 3. The number of ketones is 1. The molecule has 13 heteroatoms. The maximum atomic E-state index is 12.5. The Kier molecular flexibility index (Phi) is 6.85. The van der Waals surface area contributed by atoms with E-state index in [-0.39, 0.29) is 17.8 Å². The van der Waals surface area contributed by atoms with E-state index in [2.05, 4.69) is 4.84 Å². The fourth-order valence-electron chi connectivity index (χ4n) is 2.15. The summed E-state index contributed by atoms with van der Waals surface area (Å²) in [6, 6.07) is 4.86. The predicted molar refractivity (Wildman–Crippen MR) is 89.6 cm³/mol. The normalized spacial score (nSPS) is 11.8. The molecule has 0 saturated heterocycles. The molecule has 0 bridgehead atoms. The SMILES string of the molecule is CN(CCc1ccc[n+](OC(=O)C(F)(F)F)c1)C(=O)c1ccc(C(=O)C(F)(F)F)s1. The molecule has 2 aromatic heterocycles. The van der Waals surface area contributed by atoms with Crippen LogP contribution in [-0.2, 0) is 11.2 Å². The van der Waals surface area contributed by atoms with Crippen LogP contribution in [0.15, 0.2) is 36.7 Å². The van der Waals surface area contributed by atoms with E-state index in [1.165, 1.54) is 24.1 Å². The first-order valence-corrected chi connectivity index (χ1v) is 8.87. The van der Waals surface area contributed by atoms with Gasteiger partial charge >= 0.3 is 18.3 Å². The van der Waals surface area contributed by atoms with Crippen molar-refractivity contribution in [1.29, 1.82) is 0 Å². The summed E-state index contributed by atoms with van der Waals surface area (Å²) in [5.74, 6) is -5.08. The molecule has 0 unspecified atom stereocenters. The molecule has 0 N–H and O–H groups in total. The van der Waals surface area contributed by atoms with Crippen LogP contribution in [0.4, 0.5) is 26.3 Å². The Balaban J connectivity index is 1.99. The molecule has 0 aromatic carbocycles. The first-order valence-electron chi connectivity index (χ1n) is 8.05. The van der Waals surface area contributed by atoms with Gasteiger partial charge in [0.15, 0.2) is 0 Å². The highest BCUT2D eigenvalue weighted by Gasteiger charge is 2.44. The molecule has 0 radical (unpaired) electrons. The quantitative estimate of drug-likeness (QED) is 0.382. The molecule has 0 saturated carbocycles. The number of likely N-dealkylation sites (N-methyl/N-ethyl adjacent to an activating group) is 1. The van der Waals surface area contributed by atoms with Crippen molar-refractivity contribution in [3.05, 3.63) is 52.0 Å². The lowest BCUT2D eigenvalue weighted by molar-refractivity contribution is -0.871. The average Bonchev–Trinajstić information content (AvgIpc) is 3.13. The Morgan fingerprint density at radius 2 is 1.67 bits per heavy atom. The van der Waals surface area contributed by atoms with Gasteiger partial charge in [-0.3, -0.25) is 9.59 Å². The Morgan fingerprint density at radius 1 is 1.03 bits per heavy atom. The predicted octanol–water partition coefficient (Wildman–Crippen LogP) is 2.61. The zero-order valence-corrected chi connectivity index (χ0v) is 15.9. The summed E-state index contributed by atoms with van der Waals surface area (Å²) < 4.78 is 74.7. The van der Waals surface area contributed by atoms with Crippen molar-refractivity contribution in [3.8, 4) is 0 Å². The van der Waals surface area contributed by atoms with E-state index in [9.17, 15) is 40.7 Å². The van der Waals surface area contributed by atoms with Crippen molar-refractivity contribution in [2.45, 2.75) is 18.8 Å². The molecule has 0 atom stereocenters. The van der Waals surface area contributed by atoms with Gasteiger partial charge in [0.2, 0.25) is 12.4 Å². The number of halogens is 6. The second kappa shape index (κ2) is 8.81. The van der Waals surface area contributed by atoms with Gasteiger partial charge in [0.25, 0.3) is 11.7 Å². The van der Waals surface area contributed by atoms with Gasteiger partial charge in [0, 0.05) is 30.0 Å². The summed E-state index contributed by atoms with van der Waals surface area (Å²) in [6.45, 7) is 0.0521. The van der Waals surface area contributed by atoms with E-state index in [0.717, 1.165) is 24.5 Å². The number of nitrogens with zero attached hydrogens (tertiary/aromatic N) is 2. The minimum Gasteiger partial charge on any atom is -0.341 e. The monoisotopic (exact) mass is 455 g/mol. The molecule has 2 heterocycles. The van der Waals surface area contributed by atoms with Gasteiger partial charge in [-0.15, -0.1) is 11.3 Å². The standard InChI is InChI=1S/C17H13F6N2O4S/c1-24(14(27)12-5-4-11(30-12)13(26)16(18,19)20)8-6-10-3-2-7-25(9-10)29-15(28)17(21,22)23/h2-5,7,9H,6,8H2,1H3/q+1. The van der Waals surface area contributed by atoms with Crippen molar-refractivity contribution in [1.82, 2.24) is 4.90 Å². The van der Waals surface area contributed by atoms with Gasteiger partial charge in [0.1, 0.15) is 0 Å². The second-order valence-electron chi connectivity index (χ2n) is 5.92. The lowest BCUT2D eigenvalue weighted by Crippen LogP contribution is -2.50. The van der Waals surface area contributed by atoms with Crippen LogP contribution in [0.25, 0.3) is 0 Å². The molecular formula is C17H13F6N2O4S+. The van der Waals surface area contributed by atoms with Crippen molar-refractivity contribution in [2.75, 3.05) is 13.6 Å². The fourth-order valence-corrected chi connectivity index (χ4v) is 3.11. The van der Waals surface area contributed by atoms with Crippen LogP contribution in [0.3, 0.4) is 0 Å². The Morgan fingerprint density at radius 3 is 2.27 bits per heavy atom. The van der Waals surface area contributed by atoms with E-state index < -0.39 is 34.9 Å². The number of hydrogen-bond donors (Lipinski definition) is 0. The minimum atomic E-state index is -5.16. The summed E-state index contributed by atoms with van der Waals surface area (Å²) in [6.07, 6.45) is -7.87. The first-order chi connectivity index (χ1) is 13.8. The van der Waals surface area contributed by atoms with Gasteiger partial charge < -0.3 is 4.90 Å². The van der Waals surface area contributed by atoms with E-state index in [4.69, 9.17) is 0 Å². The third-order valence-corrected chi connectivity index (χ3v) is 4.71. The molecule has 0 aliphatic carbocycles. The largest absolute Gasteiger partial charge is 0.498 e. The molecule has 162 valence electrons. The maximum absolute atomic E-state index is 12.5. The van der Waals surface area contributed by atoms with Crippen molar-refractivity contribution < 1.29 is 50.3 Å². The maximum Gasteiger partial charge on any atom is 0.498 e. The van der Waals surface area contributed by atoms with E-state index in [0.29, 0.717) is 21.6 Å². The first kappa shape index (κ1) is 23.3. The number of alkyl halides is 6. The number of carbonyl (C=O) groups is 3. The van der Waals surface area contributed by atoms with Crippen LogP contribution in [-0.4, -0.2) is 48.5 Å². The summed E-state index contributed by atoms with van der Waals surface area (Å²) in [5.41, 5.74) is 0.422. The van der Waals surface area contributed by atoms with Crippen LogP contribution in [0.1, 0.15) is 24.9 Å². The molecule has 0 spiro atoms. The fraction of sp³-hybridized carbons (Fsp3) is 0.294. The van der Waals surface area contributed by atoms with Gasteiger partial charge in [-0.1, -0.05) is 0 Å². The lowest BCUT2D eigenvalue weighted by Gasteiger charge is -2.15. The molecular weight excluding hydrogens is 442 g/mol. The molecule has 6 nitrogen and oxygen atoms in total. The van der Waals surface area contributed by atoms with Crippen LogP contribution < -0.4 is 9.57 Å². The number of thiophene rings is 1. The number of pyridine rings is 1. The zero-order valence-electron chi connectivity index (χ0n) is 15.1. The minimum absolute atomic E-state index is 0.0521. The van der Waals surface area contributed by atoms with Crippen molar-refractivity contribution in [2.24, 2.45) is 0 Å². The highest BCUT2D eigenvalue weighted by molar-refractivity contribution is 7.16. The number of Topliss-reactive ketones (excluding diaryl/α,β-unsaturated/α-hetero) is 1.